The summed E-state index contributed by atoms with van der Waals surface area (Å²) < 4.78 is 32.3. The molecule has 1 atom stereocenters. The minimum atomic E-state index is -3.40. The molecule has 1 fully saturated rings. The van der Waals surface area contributed by atoms with E-state index >= 15 is 0 Å². The van der Waals surface area contributed by atoms with Gasteiger partial charge in [-0.25, -0.2) is 8.42 Å². The molecule has 114 valence electrons. The van der Waals surface area contributed by atoms with Crippen LogP contribution in [-0.2, 0) is 21.3 Å². The number of hydrogen-bond acceptors (Lipinski definition) is 5. The molecule has 2 heterocycles. The molecule has 1 saturated heterocycles. The van der Waals surface area contributed by atoms with Crippen LogP contribution in [0.4, 0.5) is 0 Å². The van der Waals surface area contributed by atoms with Gasteiger partial charge in [0.05, 0.1) is 10.5 Å². The maximum absolute atomic E-state index is 12.7. The Bertz CT molecular complexity index is 556. The van der Waals surface area contributed by atoms with E-state index in [1.54, 1.807) is 22.9 Å². The van der Waals surface area contributed by atoms with Crippen molar-refractivity contribution in [2.45, 2.75) is 36.8 Å². The fourth-order valence-corrected chi connectivity index (χ4v) is 5.31. The van der Waals surface area contributed by atoms with E-state index in [-0.39, 0.29) is 5.60 Å². The third kappa shape index (κ3) is 3.23. The number of sulfonamides is 1. The van der Waals surface area contributed by atoms with Gasteiger partial charge in [-0.05, 0) is 32.9 Å². The summed E-state index contributed by atoms with van der Waals surface area (Å²) in [6.45, 7) is 3.65. The van der Waals surface area contributed by atoms with E-state index in [1.807, 2.05) is 14.0 Å². The van der Waals surface area contributed by atoms with E-state index in [1.165, 1.54) is 11.3 Å². The minimum absolute atomic E-state index is 0.380. The number of hydrogen-bond donors (Lipinski definition) is 1. The molecule has 1 aliphatic heterocycles. The van der Waals surface area contributed by atoms with Crippen LogP contribution < -0.4 is 5.32 Å². The van der Waals surface area contributed by atoms with Gasteiger partial charge in [0.1, 0.15) is 0 Å². The number of thiophene rings is 1. The Morgan fingerprint density at radius 1 is 1.55 bits per heavy atom. The highest BCUT2D eigenvalue weighted by Gasteiger charge is 2.37. The maximum atomic E-state index is 12.7. The fourth-order valence-electron chi connectivity index (χ4n) is 2.44. The van der Waals surface area contributed by atoms with Gasteiger partial charge in [0, 0.05) is 37.0 Å². The molecule has 1 N–H and O–H groups in total. The molecule has 0 radical (unpaired) electrons. The van der Waals surface area contributed by atoms with Gasteiger partial charge in [-0.15, -0.1) is 11.3 Å². The highest BCUT2D eigenvalue weighted by atomic mass is 32.2. The second kappa shape index (κ2) is 6.11. The highest BCUT2D eigenvalue weighted by Crippen LogP contribution is 2.30. The number of nitrogens with zero attached hydrogens (tertiary/aromatic N) is 1. The van der Waals surface area contributed by atoms with Crippen LogP contribution in [0, 0.1) is 0 Å². The van der Waals surface area contributed by atoms with Crippen LogP contribution >= 0.6 is 11.3 Å². The van der Waals surface area contributed by atoms with Crippen molar-refractivity contribution in [3.8, 4) is 0 Å². The van der Waals surface area contributed by atoms with Crippen LogP contribution in [0.3, 0.4) is 0 Å². The molecule has 1 aromatic heterocycles. The van der Waals surface area contributed by atoms with Crippen molar-refractivity contribution in [2.75, 3.05) is 27.2 Å². The normalized spacial score (nSPS) is 24.9. The van der Waals surface area contributed by atoms with Gasteiger partial charge in [-0.1, -0.05) is 0 Å². The van der Waals surface area contributed by atoms with Gasteiger partial charge in [-0.3, -0.25) is 0 Å². The maximum Gasteiger partial charge on any atom is 0.244 e. The molecule has 0 aromatic carbocycles. The first kappa shape index (κ1) is 15.9. The number of ether oxygens (including phenoxy) is 1. The smallest absolute Gasteiger partial charge is 0.244 e. The summed E-state index contributed by atoms with van der Waals surface area (Å²) in [4.78, 5) is 1.42. The van der Waals surface area contributed by atoms with Crippen molar-refractivity contribution < 1.29 is 13.2 Å². The average molecular weight is 318 g/mol. The molecule has 5 nitrogen and oxygen atoms in total. The molecule has 0 aliphatic carbocycles. The number of nitrogens with one attached hydrogen (secondary N) is 1. The summed E-state index contributed by atoms with van der Waals surface area (Å²) in [5, 5.41) is 4.76. The second-order valence-electron chi connectivity index (χ2n) is 5.38. The Labute approximate surface area is 125 Å². The molecule has 0 spiro atoms. The summed E-state index contributed by atoms with van der Waals surface area (Å²) in [6, 6.07) is 1.76. The molecule has 0 bridgehead atoms. The van der Waals surface area contributed by atoms with Gasteiger partial charge in [-0.2, -0.15) is 4.31 Å². The monoisotopic (exact) mass is 318 g/mol. The molecule has 2 rings (SSSR count). The van der Waals surface area contributed by atoms with E-state index in [4.69, 9.17) is 4.74 Å². The van der Waals surface area contributed by atoms with Crippen molar-refractivity contribution in [3.05, 3.63) is 16.3 Å². The zero-order valence-electron chi connectivity index (χ0n) is 12.2. The predicted octanol–water partition coefficient (Wildman–Crippen LogP) is 1.66. The third-order valence-corrected chi connectivity index (χ3v) is 6.64. The van der Waals surface area contributed by atoms with Gasteiger partial charge in [0.2, 0.25) is 10.0 Å². The Morgan fingerprint density at radius 3 is 2.95 bits per heavy atom. The summed E-state index contributed by atoms with van der Waals surface area (Å²) in [6.07, 6.45) is 1.72. The van der Waals surface area contributed by atoms with Crippen LogP contribution in [0.5, 0.6) is 0 Å². The standard InChI is InChI=1S/C13H22N2O3S2/c1-13(18-3)5-4-6-15(10-13)20(16,17)12-7-11(8-14-2)19-9-12/h7,9,14H,4-6,8,10H2,1-3H3. The molecule has 7 heteroatoms. The minimum Gasteiger partial charge on any atom is -0.377 e. The largest absolute Gasteiger partial charge is 0.377 e. The number of piperidine rings is 1. The van der Waals surface area contributed by atoms with Gasteiger partial charge >= 0.3 is 0 Å². The average Bonchev–Trinajstić information content (AvgIpc) is 2.89. The first-order valence-electron chi connectivity index (χ1n) is 6.68. The fraction of sp³-hybridized carbons (Fsp3) is 0.692. The lowest BCUT2D eigenvalue weighted by molar-refractivity contribution is -0.0319. The summed E-state index contributed by atoms with van der Waals surface area (Å²) >= 11 is 1.47. The van der Waals surface area contributed by atoms with Crippen molar-refractivity contribution in [1.29, 1.82) is 0 Å². The van der Waals surface area contributed by atoms with Crippen LogP contribution in [0.1, 0.15) is 24.6 Å². The molecular formula is C13H22N2O3S2. The lowest BCUT2D eigenvalue weighted by atomic mass is 9.96. The Kier molecular flexibility index (Phi) is 4.86. The Morgan fingerprint density at radius 2 is 2.30 bits per heavy atom. The zero-order chi connectivity index (χ0) is 14.8. The predicted molar refractivity (Wildman–Crippen MR) is 80.5 cm³/mol. The SMILES string of the molecule is CNCc1cc(S(=O)(=O)N2CCCC(C)(OC)C2)cs1. The lowest BCUT2D eigenvalue weighted by Gasteiger charge is -2.38. The quantitative estimate of drug-likeness (QED) is 0.897. The molecule has 1 aromatic rings. The Balaban J connectivity index is 2.20. The highest BCUT2D eigenvalue weighted by molar-refractivity contribution is 7.89. The van der Waals surface area contributed by atoms with Crippen molar-refractivity contribution >= 4 is 21.4 Å². The van der Waals surface area contributed by atoms with Crippen LogP contribution in [-0.4, -0.2) is 45.6 Å². The zero-order valence-corrected chi connectivity index (χ0v) is 13.8. The molecule has 1 unspecified atom stereocenters. The van der Waals surface area contributed by atoms with E-state index in [2.05, 4.69) is 5.32 Å². The topological polar surface area (TPSA) is 58.6 Å². The lowest BCUT2D eigenvalue weighted by Crippen LogP contribution is -2.49. The first-order chi connectivity index (χ1) is 9.41. The van der Waals surface area contributed by atoms with E-state index < -0.39 is 10.0 Å². The van der Waals surface area contributed by atoms with Crippen LogP contribution in [0.25, 0.3) is 0 Å². The first-order valence-corrected chi connectivity index (χ1v) is 9.00. The molecule has 0 saturated carbocycles. The number of methoxy groups -OCH3 is 1. The van der Waals surface area contributed by atoms with Crippen molar-refractivity contribution in [2.24, 2.45) is 0 Å². The Hall–Kier alpha value is -0.470. The van der Waals surface area contributed by atoms with E-state index in [9.17, 15) is 8.42 Å². The van der Waals surface area contributed by atoms with Gasteiger partial charge in [0.25, 0.3) is 0 Å². The summed E-state index contributed by atoms with van der Waals surface area (Å²) in [7, 11) is 0.0897. The summed E-state index contributed by atoms with van der Waals surface area (Å²) in [5.41, 5.74) is -0.380. The summed E-state index contributed by atoms with van der Waals surface area (Å²) in [5.74, 6) is 0. The van der Waals surface area contributed by atoms with E-state index in [0.717, 1.165) is 17.7 Å². The van der Waals surface area contributed by atoms with E-state index in [0.29, 0.717) is 24.5 Å². The van der Waals surface area contributed by atoms with Gasteiger partial charge in [0.15, 0.2) is 0 Å². The van der Waals surface area contributed by atoms with Crippen LogP contribution in [0.2, 0.25) is 0 Å². The molecule has 20 heavy (non-hydrogen) atoms. The van der Waals surface area contributed by atoms with Crippen LogP contribution in [0.15, 0.2) is 16.3 Å². The molecule has 1 aliphatic rings. The van der Waals surface area contributed by atoms with Gasteiger partial charge < -0.3 is 10.1 Å². The number of rotatable bonds is 5. The third-order valence-electron chi connectivity index (χ3n) is 3.74. The van der Waals surface area contributed by atoms with Crippen molar-refractivity contribution in [1.82, 2.24) is 9.62 Å². The molecular weight excluding hydrogens is 296 g/mol. The second-order valence-corrected chi connectivity index (χ2v) is 8.31. The molecule has 0 amide bonds. The van der Waals surface area contributed by atoms with Crippen molar-refractivity contribution in [3.63, 3.8) is 0 Å².